The smallest absolute Gasteiger partial charge is 0.343 e. The largest absolute Gasteiger partial charge is 0.406 e. The molecule has 1 aliphatic carbocycles. The summed E-state index contributed by atoms with van der Waals surface area (Å²) in [4.78, 5) is 41.9. The van der Waals surface area contributed by atoms with Crippen molar-refractivity contribution < 1.29 is 36.0 Å². The van der Waals surface area contributed by atoms with E-state index < -0.39 is 76.7 Å². The van der Waals surface area contributed by atoms with Crippen molar-refractivity contribution in [2.75, 3.05) is 19.6 Å². The van der Waals surface area contributed by atoms with Crippen molar-refractivity contribution in [2.24, 2.45) is 5.92 Å². The minimum absolute atomic E-state index is 0.147. The first-order valence-electron chi connectivity index (χ1n) is 13.8. The van der Waals surface area contributed by atoms with Crippen LogP contribution >= 0.6 is 34.8 Å². The highest BCUT2D eigenvalue weighted by Crippen LogP contribution is 2.36. The van der Waals surface area contributed by atoms with Crippen LogP contribution in [-0.4, -0.2) is 84.3 Å². The lowest BCUT2D eigenvalue weighted by atomic mass is 9.96. The van der Waals surface area contributed by atoms with Crippen LogP contribution in [0.15, 0.2) is 47.4 Å². The van der Waals surface area contributed by atoms with Crippen molar-refractivity contribution in [3.63, 3.8) is 0 Å². The average molecular weight is 696 g/mol. The van der Waals surface area contributed by atoms with E-state index in [0.717, 1.165) is 28.1 Å². The molecule has 238 valence electrons. The molecule has 1 N–H and O–H groups in total. The summed E-state index contributed by atoms with van der Waals surface area (Å²) in [7, 11) is -4.62. The van der Waals surface area contributed by atoms with Crippen LogP contribution in [0.1, 0.15) is 31.2 Å². The first kappa shape index (κ1) is 32.8. The number of nitrogens with one attached hydrogen (secondary N) is 1. The minimum atomic E-state index is -4.80. The van der Waals surface area contributed by atoms with E-state index in [4.69, 9.17) is 34.8 Å². The minimum Gasteiger partial charge on any atom is -0.343 e. The summed E-state index contributed by atoms with van der Waals surface area (Å²) in [5, 5.41) is 2.94. The SMILES string of the molecule is O=C(NC1CN(S(=O)(=O)c2ccc(Cl)cc2Cl)C2CN(CC(F)(F)F)C(=O)C(Cc3ccc(Cl)cc3)N2C1=O)C1CCCC1. The molecule has 2 aromatic rings. The first-order chi connectivity index (χ1) is 20.7. The molecule has 3 unspecified atom stereocenters. The van der Waals surface area contributed by atoms with E-state index in [1.807, 2.05) is 0 Å². The van der Waals surface area contributed by atoms with Crippen LogP contribution in [0.4, 0.5) is 13.2 Å². The number of fused-ring (bicyclic) bond motifs is 1. The topological polar surface area (TPSA) is 107 Å². The normalized spacial score (nSPS) is 23.6. The number of amides is 3. The molecule has 16 heteroatoms. The monoisotopic (exact) mass is 694 g/mol. The number of piperazine rings is 1. The fourth-order valence-corrected chi connectivity index (χ4v) is 8.50. The summed E-state index contributed by atoms with van der Waals surface area (Å²) in [6.45, 7) is -2.99. The third-order valence-corrected chi connectivity index (χ3v) is 11.0. The zero-order chi connectivity index (χ0) is 32.0. The fraction of sp³-hybridized carbons (Fsp3) is 0.464. The number of hydrogen-bond donors (Lipinski definition) is 1. The van der Waals surface area contributed by atoms with E-state index in [1.54, 1.807) is 12.1 Å². The Kier molecular flexibility index (Phi) is 9.44. The molecule has 0 bridgehead atoms. The van der Waals surface area contributed by atoms with E-state index in [0.29, 0.717) is 28.3 Å². The van der Waals surface area contributed by atoms with E-state index >= 15 is 0 Å². The number of carbonyl (C=O) groups excluding carboxylic acids is 3. The molecule has 2 aliphatic heterocycles. The Bertz CT molecular complexity index is 1550. The van der Waals surface area contributed by atoms with E-state index in [9.17, 15) is 36.0 Å². The molecule has 3 amide bonds. The van der Waals surface area contributed by atoms with E-state index in [-0.39, 0.29) is 22.4 Å². The predicted octanol–water partition coefficient (Wildman–Crippen LogP) is 4.50. The van der Waals surface area contributed by atoms with Crippen molar-refractivity contribution in [3.05, 3.63) is 63.1 Å². The maximum Gasteiger partial charge on any atom is 0.406 e. The molecule has 9 nitrogen and oxygen atoms in total. The zero-order valence-electron chi connectivity index (χ0n) is 23.1. The van der Waals surface area contributed by atoms with Crippen LogP contribution < -0.4 is 5.32 Å². The number of carbonyl (C=O) groups is 3. The third kappa shape index (κ3) is 6.81. The molecule has 0 spiro atoms. The second kappa shape index (κ2) is 12.7. The molecule has 0 radical (unpaired) electrons. The Morgan fingerprint density at radius 2 is 1.57 bits per heavy atom. The number of benzene rings is 2. The van der Waals surface area contributed by atoms with Gasteiger partial charge in [-0.2, -0.15) is 17.5 Å². The Balaban J connectivity index is 1.60. The number of sulfonamides is 1. The zero-order valence-corrected chi connectivity index (χ0v) is 26.2. The average Bonchev–Trinajstić information content (AvgIpc) is 3.48. The molecule has 3 aliphatic rings. The summed E-state index contributed by atoms with van der Waals surface area (Å²) in [6, 6.07) is 6.88. The summed E-state index contributed by atoms with van der Waals surface area (Å²) in [5.41, 5.74) is 0.473. The van der Waals surface area contributed by atoms with E-state index in [1.165, 1.54) is 24.3 Å². The molecular formula is C28H28Cl3F3N4O5S. The molecule has 2 heterocycles. The maximum atomic E-state index is 14.2. The standard InChI is InChI=1S/C28H28Cl3F3N4O5S/c29-18-7-5-16(6-8-18)11-22-27(41)36(15-28(32,33)34)14-24-37(44(42,43)23-10-9-19(30)12-20(23)31)13-21(26(40)38(22)24)35-25(39)17-3-1-2-4-17/h5-10,12,17,21-22,24H,1-4,11,13-15H2,(H,35,39). The second-order valence-corrected chi connectivity index (χ2v) is 14.2. The van der Waals surface area contributed by atoms with E-state index in [2.05, 4.69) is 5.32 Å². The van der Waals surface area contributed by atoms with Gasteiger partial charge in [-0.1, -0.05) is 59.8 Å². The van der Waals surface area contributed by atoms with Gasteiger partial charge in [0.25, 0.3) is 0 Å². The Hall–Kier alpha value is -2.58. The second-order valence-electron chi connectivity index (χ2n) is 11.1. The molecule has 3 atom stereocenters. The molecule has 5 rings (SSSR count). The number of alkyl halides is 3. The summed E-state index contributed by atoms with van der Waals surface area (Å²) >= 11 is 18.2. The number of rotatable bonds is 7. The van der Waals surface area contributed by atoms with Gasteiger partial charge in [0.2, 0.25) is 27.7 Å². The highest BCUT2D eigenvalue weighted by Gasteiger charge is 2.55. The highest BCUT2D eigenvalue weighted by atomic mass is 35.5. The van der Waals surface area contributed by atoms with Crippen molar-refractivity contribution in [1.82, 2.24) is 19.4 Å². The summed E-state index contributed by atoms with van der Waals surface area (Å²) < 4.78 is 70.1. The van der Waals surface area contributed by atoms with Crippen molar-refractivity contribution in [3.8, 4) is 0 Å². The lowest BCUT2D eigenvalue weighted by molar-refractivity contribution is -0.183. The van der Waals surface area contributed by atoms with Gasteiger partial charge in [-0.25, -0.2) is 8.42 Å². The maximum absolute atomic E-state index is 14.2. The fourth-order valence-electron chi connectivity index (χ4n) is 6.04. The van der Waals surface area contributed by atoms with Gasteiger partial charge in [-0.15, -0.1) is 0 Å². The van der Waals surface area contributed by atoms with Gasteiger partial charge in [0, 0.05) is 28.9 Å². The number of halogens is 6. The van der Waals surface area contributed by atoms with Crippen molar-refractivity contribution >= 4 is 62.5 Å². The van der Waals surface area contributed by atoms with Crippen molar-refractivity contribution in [1.29, 1.82) is 0 Å². The van der Waals surface area contributed by atoms with Crippen LogP contribution in [0.2, 0.25) is 15.1 Å². The van der Waals surface area contributed by atoms with Gasteiger partial charge in [0.05, 0.1) is 11.6 Å². The summed E-state index contributed by atoms with van der Waals surface area (Å²) in [5.74, 6) is -2.58. The van der Waals surface area contributed by atoms with Crippen LogP contribution in [-0.2, 0) is 30.8 Å². The van der Waals surface area contributed by atoms with Crippen molar-refractivity contribution in [2.45, 2.75) is 61.4 Å². The molecule has 2 saturated heterocycles. The number of hydrogen-bond acceptors (Lipinski definition) is 5. The molecule has 1 saturated carbocycles. The first-order valence-corrected chi connectivity index (χ1v) is 16.4. The van der Waals surface area contributed by atoms with Crippen LogP contribution in [0.25, 0.3) is 0 Å². The Labute approximate surface area is 267 Å². The molecule has 0 aromatic heterocycles. The Morgan fingerprint density at radius 3 is 2.18 bits per heavy atom. The highest BCUT2D eigenvalue weighted by molar-refractivity contribution is 7.89. The Morgan fingerprint density at radius 1 is 0.932 bits per heavy atom. The molecule has 2 aromatic carbocycles. The van der Waals surface area contributed by atoms with Crippen LogP contribution in [0.3, 0.4) is 0 Å². The predicted molar refractivity (Wildman–Crippen MR) is 156 cm³/mol. The van der Waals surface area contributed by atoms with Crippen LogP contribution in [0.5, 0.6) is 0 Å². The van der Waals surface area contributed by atoms with Gasteiger partial charge in [0.1, 0.15) is 29.7 Å². The van der Waals surface area contributed by atoms with Gasteiger partial charge in [0.15, 0.2) is 0 Å². The van der Waals surface area contributed by atoms with Gasteiger partial charge < -0.3 is 15.1 Å². The van der Waals surface area contributed by atoms with Gasteiger partial charge in [-0.05, 0) is 48.7 Å². The molecule has 44 heavy (non-hydrogen) atoms. The van der Waals surface area contributed by atoms with Gasteiger partial charge >= 0.3 is 6.18 Å². The summed E-state index contributed by atoms with van der Waals surface area (Å²) in [6.07, 6.45) is -3.71. The lowest BCUT2D eigenvalue weighted by Gasteiger charge is -2.53. The quantitative estimate of drug-likeness (QED) is 0.460. The van der Waals surface area contributed by atoms with Crippen LogP contribution in [0, 0.1) is 5.92 Å². The third-order valence-electron chi connectivity index (χ3n) is 8.12. The lowest BCUT2D eigenvalue weighted by Crippen LogP contribution is -2.76. The molecule has 3 fully saturated rings. The number of nitrogens with zero attached hydrogens (tertiary/aromatic N) is 3. The van der Waals surface area contributed by atoms with Gasteiger partial charge in [-0.3, -0.25) is 14.4 Å². The molecular weight excluding hydrogens is 668 g/mol.